The molecule has 3 aromatic rings. The smallest absolute Gasteiger partial charge is 0.337 e. The van der Waals surface area contributed by atoms with E-state index in [2.05, 4.69) is 10.2 Å². The summed E-state index contributed by atoms with van der Waals surface area (Å²) in [6.45, 7) is 2.07. The molecule has 19 heavy (non-hydrogen) atoms. The summed E-state index contributed by atoms with van der Waals surface area (Å²) in [7, 11) is 0. The summed E-state index contributed by atoms with van der Waals surface area (Å²) in [6.07, 6.45) is 1.82. The largest absolute Gasteiger partial charge is 0.478 e. The van der Waals surface area contributed by atoms with Crippen molar-refractivity contribution in [2.45, 2.75) is 13.5 Å². The Balaban J connectivity index is 2.11. The Kier molecular flexibility index (Phi) is 2.56. The summed E-state index contributed by atoms with van der Waals surface area (Å²) >= 11 is 0. The van der Waals surface area contributed by atoms with Crippen molar-refractivity contribution >= 4 is 16.9 Å². The molecule has 0 bridgehead atoms. The lowest BCUT2D eigenvalue weighted by Crippen LogP contribution is -2.04. The van der Waals surface area contributed by atoms with Gasteiger partial charge < -0.3 is 14.1 Å². The van der Waals surface area contributed by atoms with E-state index < -0.39 is 5.97 Å². The highest BCUT2D eigenvalue weighted by atomic mass is 16.4. The van der Waals surface area contributed by atoms with Gasteiger partial charge >= 0.3 is 5.97 Å². The lowest BCUT2D eigenvalue weighted by atomic mass is 10.1. The van der Waals surface area contributed by atoms with Gasteiger partial charge in [-0.15, -0.1) is 10.2 Å². The van der Waals surface area contributed by atoms with Gasteiger partial charge in [-0.3, -0.25) is 0 Å². The molecule has 3 rings (SSSR count). The molecule has 0 saturated heterocycles. The van der Waals surface area contributed by atoms with Crippen LogP contribution in [0.4, 0.5) is 0 Å². The van der Waals surface area contributed by atoms with E-state index in [1.807, 2.05) is 18.3 Å². The van der Waals surface area contributed by atoms with Crippen molar-refractivity contribution in [3.63, 3.8) is 0 Å². The topological polar surface area (TPSA) is 81.2 Å². The maximum Gasteiger partial charge on any atom is 0.337 e. The third-order valence-electron chi connectivity index (χ3n) is 2.89. The van der Waals surface area contributed by atoms with E-state index >= 15 is 0 Å². The number of aryl methyl sites for hydroxylation is 1. The quantitative estimate of drug-likeness (QED) is 0.776. The zero-order valence-corrected chi connectivity index (χ0v) is 10.2. The average Bonchev–Trinajstić information content (AvgIpc) is 2.97. The maximum absolute atomic E-state index is 11.3. The van der Waals surface area contributed by atoms with Crippen molar-refractivity contribution in [3.05, 3.63) is 47.8 Å². The van der Waals surface area contributed by atoms with Crippen LogP contribution in [0, 0.1) is 6.92 Å². The van der Waals surface area contributed by atoms with E-state index in [0.29, 0.717) is 23.8 Å². The van der Waals surface area contributed by atoms with E-state index in [0.717, 1.165) is 5.39 Å². The number of aromatic nitrogens is 3. The van der Waals surface area contributed by atoms with E-state index in [4.69, 9.17) is 4.42 Å². The van der Waals surface area contributed by atoms with Gasteiger partial charge in [-0.1, -0.05) is 12.1 Å². The van der Waals surface area contributed by atoms with E-state index in [1.54, 1.807) is 23.6 Å². The number of nitrogens with zero attached hydrogens (tertiary/aromatic N) is 3. The van der Waals surface area contributed by atoms with Crippen LogP contribution in [0.5, 0.6) is 0 Å². The van der Waals surface area contributed by atoms with Crippen molar-refractivity contribution in [2.75, 3.05) is 0 Å². The van der Waals surface area contributed by atoms with Crippen LogP contribution in [0.3, 0.4) is 0 Å². The molecule has 0 amide bonds. The summed E-state index contributed by atoms with van der Waals surface area (Å²) in [6, 6.07) is 7.05. The fourth-order valence-corrected chi connectivity index (χ4v) is 2.11. The Hall–Kier alpha value is -2.63. The van der Waals surface area contributed by atoms with E-state index in [1.165, 1.54) is 0 Å². The number of carboxylic acids is 1. The lowest BCUT2D eigenvalue weighted by Gasteiger charge is -2.04. The molecule has 0 unspecified atom stereocenters. The summed E-state index contributed by atoms with van der Waals surface area (Å²) in [5.74, 6) is -0.00706. The minimum absolute atomic E-state index is 0.263. The summed E-state index contributed by atoms with van der Waals surface area (Å²) in [5, 5.41) is 17.8. The molecule has 0 aliphatic carbocycles. The monoisotopic (exact) mass is 257 g/mol. The van der Waals surface area contributed by atoms with E-state index in [-0.39, 0.29) is 5.56 Å². The van der Waals surface area contributed by atoms with Crippen LogP contribution in [-0.4, -0.2) is 25.8 Å². The molecule has 1 N–H and O–H groups in total. The standard InChI is InChI=1S/C13H11N3O3/c1-8-14-15-11(19-8)7-16-6-5-9-3-2-4-10(12(9)16)13(17)18/h2-6H,7H2,1H3,(H,17,18). The number of para-hydroxylation sites is 1. The minimum Gasteiger partial charge on any atom is -0.478 e. The third kappa shape index (κ3) is 1.97. The second-order valence-corrected chi connectivity index (χ2v) is 4.21. The molecule has 0 saturated carbocycles. The number of carboxylic acid groups (broad SMARTS) is 1. The fraction of sp³-hybridized carbons (Fsp3) is 0.154. The molecule has 0 atom stereocenters. The third-order valence-corrected chi connectivity index (χ3v) is 2.89. The maximum atomic E-state index is 11.3. The number of hydrogen-bond acceptors (Lipinski definition) is 4. The molecule has 0 fully saturated rings. The molecule has 0 aliphatic heterocycles. The Bertz CT molecular complexity index is 757. The van der Waals surface area contributed by atoms with Crippen molar-refractivity contribution in [1.29, 1.82) is 0 Å². The van der Waals surface area contributed by atoms with Gasteiger partial charge in [0.1, 0.15) is 6.54 Å². The molecule has 1 aromatic carbocycles. The highest BCUT2D eigenvalue weighted by Crippen LogP contribution is 2.21. The molecule has 6 nitrogen and oxygen atoms in total. The van der Waals surface area contributed by atoms with Crippen LogP contribution in [0.15, 0.2) is 34.9 Å². The minimum atomic E-state index is -0.952. The predicted molar refractivity (Wildman–Crippen MR) is 67.0 cm³/mol. The zero-order valence-electron chi connectivity index (χ0n) is 10.2. The second kappa shape index (κ2) is 4.24. The summed E-state index contributed by atoms with van der Waals surface area (Å²) in [5.41, 5.74) is 0.921. The Morgan fingerprint density at radius 1 is 1.37 bits per heavy atom. The Labute approximate surface area is 108 Å². The number of benzene rings is 1. The van der Waals surface area contributed by atoms with Crippen LogP contribution < -0.4 is 0 Å². The Morgan fingerprint density at radius 2 is 2.21 bits per heavy atom. The molecular weight excluding hydrogens is 246 g/mol. The average molecular weight is 257 g/mol. The fourth-order valence-electron chi connectivity index (χ4n) is 2.11. The first-order valence-corrected chi connectivity index (χ1v) is 5.75. The molecule has 0 aliphatic rings. The first kappa shape index (κ1) is 11.5. The molecule has 2 heterocycles. The molecule has 6 heteroatoms. The van der Waals surface area contributed by atoms with Gasteiger partial charge in [0.25, 0.3) is 0 Å². The SMILES string of the molecule is Cc1nnc(Cn2ccc3cccc(C(=O)O)c32)o1. The number of aromatic carboxylic acids is 1. The number of hydrogen-bond donors (Lipinski definition) is 1. The lowest BCUT2D eigenvalue weighted by molar-refractivity contribution is 0.0698. The number of fused-ring (bicyclic) bond motifs is 1. The van der Waals surface area contributed by atoms with Crippen LogP contribution in [0.2, 0.25) is 0 Å². The molecule has 0 radical (unpaired) electrons. The molecule has 0 spiro atoms. The van der Waals surface area contributed by atoms with Crippen LogP contribution in [0.25, 0.3) is 10.9 Å². The predicted octanol–water partition coefficient (Wildman–Crippen LogP) is 2.08. The molecular formula is C13H11N3O3. The Morgan fingerprint density at radius 3 is 2.89 bits per heavy atom. The van der Waals surface area contributed by atoms with Gasteiger partial charge in [0.05, 0.1) is 11.1 Å². The first-order chi connectivity index (χ1) is 9.15. The summed E-state index contributed by atoms with van der Waals surface area (Å²) in [4.78, 5) is 11.3. The number of carbonyl (C=O) groups is 1. The number of rotatable bonds is 3. The zero-order chi connectivity index (χ0) is 13.4. The highest BCUT2D eigenvalue weighted by molar-refractivity contribution is 6.02. The van der Waals surface area contributed by atoms with Gasteiger partial charge in [0, 0.05) is 18.5 Å². The first-order valence-electron chi connectivity index (χ1n) is 5.75. The van der Waals surface area contributed by atoms with Gasteiger partial charge in [0.2, 0.25) is 11.8 Å². The van der Waals surface area contributed by atoms with Gasteiger partial charge in [-0.05, 0) is 12.1 Å². The second-order valence-electron chi connectivity index (χ2n) is 4.21. The van der Waals surface area contributed by atoms with Gasteiger partial charge in [0.15, 0.2) is 0 Å². The van der Waals surface area contributed by atoms with Gasteiger partial charge in [-0.25, -0.2) is 4.79 Å². The molecule has 2 aromatic heterocycles. The normalized spacial score (nSPS) is 11.0. The highest BCUT2D eigenvalue weighted by Gasteiger charge is 2.13. The van der Waals surface area contributed by atoms with Crippen LogP contribution >= 0.6 is 0 Å². The van der Waals surface area contributed by atoms with Crippen LogP contribution in [0.1, 0.15) is 22.1 Å². The summed E-state index contributed by atoms with van der Waals surface area (Å²) < 4.78 is 7.11. The van der Waals surface area contributed by atoms with Crippen molar-refractivity contribution in [1.82, 2.24) is 14.8 Å². The van der Waals surface area contributed by atoms with Crippen molar-refractivity contribution < 1.29 is 14.3 Å². The van der Waals surface area contributed by atoms with Gasteiger partial charge in [-0.2, -0.15) is 0 Å². The van der Waals surface area contributed by atoms with Crippen LogP contribution in [-0.2, 0) is 6.54 Å². The molecule has 96 valence electrons. The van der Waals surface area contributed by atoms with E-state index in [9.17, 15) is 9.90 Å². The van der Waals surface area contributed by atoms with Crippen molar-refractivity contribution in [2.24, 2.45) is 0 Å². The van der Waals surface area contributed by atoms with Crippen molar-refractivity contribution in [3.8, 4) is 0 Å².